The zero-order chi connectivity index (χ0) is 9.42. The maximum absolute atomic E-state index is 7.70. The van der Waals surface area contributed by atoms with Gasteiger partial charge >= 0.3 is 0 Å². The van der Waals surface area contributed by atoms with E-state index in [4.69, 9.17) is 5.73 Å². The highest BCUT2D eigenvalue weighted by Gasteiger charge is 2.02. The minimum absolute atomic E-state index is 0.147. The lowest BCUT2D eigenvalue weighted by molar-refractivity contribution is 0.964. The first-order valence-electron chi connectivity index (χ1n) is 4.45. The van der Waals surface area contributed by atoms with E-state index < -0.39 is 0 Å². The molecule has 1 aromatic heterocycles. The van der Waals surface area contributed by atoms with E-state index in [-0.39, 0.29) is 6.04 Å². The Morgan fingerprint density at radius 1 is 1.31 bits per heavy atom. The van der Waals surface area contributed by atoms with Gasteiger partial charge in [0, 0.05) is 24.1 Å². The van der Waals surface area contributed by atoms with Crippen LogP contribution in [0.4, 0.5) is 0 Å². The van der Waals surface area contributed by atoms with Crippen LogP contribution in [0.5, 0.6) is 0 Å². The van der Waals surface area contributed by atoms with Gasteiger partial charge in [0.25, 0.3) is 0 Å². The fraction of sp³-hybridized carbons (Fsp3) is 0.273. The molecule has 0 bridgehead atoms. The van der Waals surface area contributed by atoms with E-state index in [1.807, 2.05) is 32.3 Å². The van der Waals surface area contributed by atoms with Gasteiger partial charge in [-0.3, -0.25) is 0 Å². The average Bonchev–Trinajstić information content (AvgIpc) is 2.48. The number of fused-ring (bicyclic) bond motifs is 1. The van der Waals surface area contributed by atoms with Crippen LogP contribution < -0.4 is 0 Å². The molecule has 0 aliphatic rings. The molecule has 2 nitrogen and oxygen atoms in total. The molecule has 1 N–H and O–H groups in total. The van der Waals surface area contributed by atoms with E-state index in [1.54, 1.807) is 0 Å². The number of benzene rings is 1. The molecule has 0 saturated heterocycles. The van der Waals surface area contributed by atoms with E-state index in [0.717, 1.165) is 5.56 Å². The lowest BCUT2D eigenvalue weighted by Gasteiger charge is -2.15. The lowest BCUT2D eigenvalue weighted by Crippen LogP contribution is -1.88. The van der Waals surface area contributed by atoms with Crippen LogP contribution in [0.15, 0.2) is 30.5 Å². The molecule has 13 heavy (non-hydrogen) atoms. The molecule has 1 aromatic carbocycles. The SMILES string of the molecule is C[C@H]([NH-])c1cccc2c1ccn2C. The molecule has 0 saturated carbocycles. The summed E-state index contributed by atoms with van der Waals surface area (Å²) in [6.07, 6.45) is 2.04. The number of hydrogen-bond donors (Lipinski definition) is 0. The van der Waals surface area contributed by atoms with Crippen molar-refractivity contribution in [2.45, 2.75) is 13.0 Å². The molecule has 0 aliphatic heterocycles. The molecule has 0 amide bonds. The maximum Gasteiger partial charge on any atom is 0.0479 e. The highest BCUT2D eigenvalue weighted by atomic mass is 14.9. The number of rotatable bonds is 1. The third kappa shape index (κ3) is 1.23. The molecule has 0 radical (unpaired) electrons. The lowest BCUT2D eigenvalue weighted by atomic mass is 10.0. The van der Waals surface area contributed by atoms with Crippen molar-refractivity contribution in [3.63, 3.8) is 0 Å². The van der Waals surface area contributed by atoms with Gasteiger partial charge < -0.3 is 10.3 Å². The minimum atomic E-state index is -0.147. The summed E-state index contributed by atoms with van der Waals surface area (Å²) in [4.78, 5) is 0. The van der Waals surface area contributed by atoms with Crippen LogP contribution in [0.3, 0.4) is 0 Å². The highest BCUT2D eigenvalue weighted by Crippen LogP contribution is 2.25. The quantitative estimate of drug-likeness (QED) is 0.633. The van der Waals surface area contributed by atoms with E-state index >= 15 is 0 Å². The average molecular weight is 173 g/mol. The summed E-state index contributed by atoms with van der Waals surface area (Å²) in [6.45, 7) is 1.90. The monoisotopic (exact) mass is 173 g/mol. The summed E-state index contributed by atoms with van der Waals surface area (Å²) in [6, 6.07) is 8.06. The summed E-state index contributed by atoms with van der Waals surface area (Å²) in [5.41, 5.74) is 10.0. The molecule has 2 rings (SSSR count). The van der Waals surface area contributed by atoms with Gasteiger partial charge in [0.05, 0.1) is 0 Å². The van der Waals surface area contributed by atoms with Crippen LogP contribution in [0.1, 0.15) is 18.5 Å². The molecule has 2 heteroatoms. The summed E-state index contributed by atoms with van der Waals surface area (Å²) in [7, 11) is 2.03. The van der Waals surface area contributed by atoms with E-state index in [0.29, 0.717) is 0 Å². The third-order valence-corrected chi connectivity index (χ3v) is 2.43. The molecule has 0 unspecified atom stereocenters. The fourth-order valence-electron chi connectivity index (χ4n) is 1.70. The number of aryl methyl sites for hydroxylation is 1. The van der Waals surface area contributed by atoms with Crippen molar-refractivity contribution in [2.75, 3.05) is 0 Å². The molecule has 1 heterocycles. The Labute approximate surface area is 78.0 Å². The van der Waals surface area contributed by atoms with Gasteiger partial charge in [0.15, 0.2) is 0 Å². The molecule has 0 aliphatic carbocycles. The van der Waals surface area contributed by atoms with Crippen molar-refractivity contribution in [3.8, 4) is 0 Å². The third-order valence-electron chi connectivity index (χ3n) is 2.43. The Morgan fingerprint density at radius 2 is 2.08 bits per heavy atom. The van der Waals surface area contributed by atoms with Crippen molar-refractivity contribution in [1.29, 1.82) is 0 Å². The second kappa shape index (κ2) is 2.89. The Bertz CT molecular complexity index is 427. The Hall–Kier alpha value is -1.28. The van der Waals surface area contributed by atoms with Crippen molar-refractivity contribution in [2.24, 2.45) is 7.05 Å². The number of aromatic nitrogens is 1. The predicted octanol–water partition coefficient (Wildman–Crippen LogP) is 3.29. The zero-order valence-corrected chi connectivity index (χ0v) is 7.91. The van der Waals surface area contributed by atoms with Gasteiger partial charge in [0.1, 0.15) is 0 Å². The van der Waals surface area contributed by atoms with Gasteiger partial charge in [-0.1, -0.05) is 24.6 Å². The first-order chi connectivity index (χ1) is 6.20. The molecule has 0 spiro atoms. The topological polar surface area (TPSA) is 28.7 Å². The summed E-state index contributed by atoms with van der Waals surface area (Å²) >= 11 is 0. The highest BCUT2D eigenvalue weighted by molar-refractivity contribution is 5.84. The summed E-state index contributed by atoms with van der Waals surface area (Å²) < 4.78 is 2.08. The Kier molecular flexibility index (Phi) is 1.85. The van der Waals surface area contributed by atoms with Crippen LogP contribution in [0, 0.1) is 0 Å². The molecule has 68 valence electrons. The summed E-state index contributed by atoms with van der Waals surface area (Å²) in [5, 5.41) is 1.20. The molecule has 1 atom stereocenters. The predicted molar refractivity (Wildman–Crippen MR) is 55.7 cm³/mol. The smallest absolute Gasteiger partial charge is 0.0479 e. The normalized spacial score (nSPS) is 13.5. The van der Waals surface area contributed by atoms with Gasteiger partial charge in [-0.25, -0.2) is 0 Å². The standard InChI is InChI=1S/C11H13N2/c1-8(12)9-4-3-5-11-10(9)6-7-13(11)2/h3-8,12H,1-2H3/q-1/t8-/m0/s1. The second-order valence-corrected chi connectivity index (χ2v) is 3.43. The van der Waals surface area contributed by atoms with Crippen LogP contribution >= 0.6 is 0 Å². The van der Waals surface area contributed by atoms with Gasteiger partial charge in [0.2, 0.25) is 0 Å². The Morgan fingerprint density at radius 3 is 2.77 bits per heavy atom. The first kappa shape index (κ1) is 8.32. The summed E-state index contributed by atoms with van der Waals surface area (Å²) in [5.74, 6) is 0. The molecular formula is C11H13N2-. The van der Waals surface area contributed by atoms with Gasteiger partial charge in [-0.2, -0.15) is 0 Å². The largest absolute Gasteiger partial charge is 0.671 e. The van der Waals surface area contributed by atoms with Crippen molar-refractivity contribution < 1.29 is 0 Å². The molecule has 0 fully saturated rings. The zero-order valence-electron chi connectivity index (χ0n) is 7.91. The number of nitrogens with zero attached hydrogens (tertiary/aromatic N) is 1. The van der Waals surface area contributed by atoms with Crippen molar-refractivity contribution >= 4 is 10.9 Å². The van der Waals surface area contributed by atoms with Crippen LogP contribution in [0.2, 0.25) is 0 Å². The van der Waals surface area contributed by atoms with E-state index in [2.05, 4.69) is 16.7 Å². The number of hydrogen-bond acceptors (Lipinski definition) is 0. The molecule has 2 aromatic rings. The van der Waals surface area contributed by atoms with E-state index in [1.165, 1.54) is 10.9 Å². The van der Waals surface area contributed by atoms with Crippen LogP contribution in [0.25, 0.3) is 16.6 Å². The van der Waals surface area contributed by atoms with E-state index in [9.17, 15) is 0 Å². The first-order valence-corrected chi connectivity index (χ1v) is 4.45. The molecular weight excluding hydrogens is 160 g/mol. The van der Waals surface area contributed by atoms with Crippen molar-refractivity contribution in [1.82, 2.24) is 4.57 Å². The Balaban J connectivity index is 2.77. The number of nitrogens with one attached hydrogen (secondary N) is 1. The maximum atomic E-state index is 7.70. The van der Waals surface area contributed by atoms with Crippen LogP contribution in [-0.2, 0) is 7.05 Å². The van der Waals surface area contributed by atoms with Gasteiger partial charge in [-0.05, 0) is 12.1 Å². The second-order valence-electron chi connectivity index (χ2n) is 3.43. The van der Waals surface area contributed by atoms with Crippen molar-refractivity contribution in [3.05, 3.63) is 41.8 Å². The van der Waals surface area contributed by atoms with Gasteiger partial charge in [-0.15, -0.1) is 6.04 Å². The minimum Gasteiger partial charge on any atom is -0.671 e. The van der Waals surface area contributed by atoms with Crippen LogP contribution in [-0.4, -0.2) is 4.57 Å². The fourth-order valence-corrected chi connectivity index (χ4v) is 1.70.